The topological polar surface area (TPSA) is 50.2 Å². The summed E-state index contributed by atoms with van der Waals surface area (Å²) < 4.78 is 0. The number of phenols is 1. The molecule has 0 fully saturated rings. The minimum atomic E-state index is -0.0543. The predicted molar refractivity (Wildman–Crippen MR) is 77.9 cm³/mol. The number of carbonyl (C=O) groups is 1. The molecule has 1 N–H and O–H groups in total. The second-order valence-corrected chi connectivity index (χ2v) is 4.66. The molecule has 0 radical (unpaired) electrons. The van der Waals surface area contributed by atoms with Gasteiger partial charge in [0.05, 0.1) is 5.52 Å². The van der Waals surface area contributed by atoms with Gasteiger partial charge in [-0.2, -0.15) is 0 Å². The summed E-state index contributed by atoms with van der Waals surface area (Å²) in [4.78, 5) is 16.6. The number of carbonyl (C=O) groups excluding carboxylic acids is 1. The molecule has 0 saturated heterocycles. The molecule has 0 aliphatic carbocycles. The zero-order chi connectivity index (χ0) is 13.9. The van der Waals surface area contributed by atoms with Gasteiger partial charge in [-0.15, -0.1) is 0 Å². The average Bonchev–Trinajstić information content (AvgIpc) is 2.47. The Hall–Kier alpha value is -2.68. The summed E-state index contributed by atoms with van der Waals surface area (Å²) >= 11 is 0. The Morgan fingerprint density at radius 3 is 2.70 bits per heavy atom. The van der Waals surface area contributed by atoms with Crippen molar-refractivity contribution in [3.8, 4) is 5.75 Å². The number of rotatable bonds is 3. The lowest BCUT2D eigenvalue weighted by Gasteiger charge is -2.03. The van der Waals surface area contributed by atoms with Crippen LogP contribution in [0.3, 0.4) is 0 Å². The average molecular weight is 263 g/mol. The van der Waals surface area contributed by atoms with Gasteiger partial charge in [-0.05, 0) is 29.8 Å². The van der Waals surface area contributed by atoms with E-state index in [-0.39, 0.29) is 18.0 Å². The normalized spacial score (nSPS) is 10.6. The van der Waals surface area contributed by atoms with Gasteiger partial charge in [-0.25, -0.2) is 4.98 Å². The van der Waals surface area contributed by atoms with Crippen LogP contribution in [0, 0.1) is 0 Å². The van der Waals surface area contributed by atoms with Gasteiger partial charge in [-0.3, -0.25) is 4.79 Å². The summed E-state index contributed by atoms with van der Waals surface area (Å²) in [5.74, 6) is 0.114. The van der Waals surface area contributed by atoms with Crippen LogP contribution in [0.4, 0.5) is 0 Å². The Labute approximate surface area is 116 Å². The number of Topliss-reactive ketones (excluding diaryl/α,β-unsaturated/α-hetero) is 1. The van der Waals surface area contributed by atoms with Crippen molar-refractivity contribution < 1.29 is 9.90 Å². The molecule has 3 heteroatoms. The van der Waals surface area contributed by atoms with Crippen molar-refractivity contribution >= 4 is 16.7 Å². The number of phenolic OH excluding ortho intramolecular Hbond substituents is 1. The highest BCUT2D eigenvalue weighted by Gasteiger charge is 2.09. The Morgan fingerprint density at radius 2 is 1.85 bits per heavy atom. The van der Waals surface area contributed by atoms with Gasteiger partial charge in [0.25, 0.3) is 0 Å². The number of aromatic nitrogens is 1. The number of hydrogen-bond acceptors (Lipinski definition) is 3. The first-order valence-electron chi connectivity index (χ1n) is 6.39. The molecular formula is C17H13NO2. The highest BCUT2D eigenvalue weighted by atomic mass is 16.3. The molecule has 3 aromatic rings. The van der Waals surface area contributed by atoms with Crippen LogP contribution in [-0.4, -0.2) is 15.9 Å². The Bertz CT molecular complexity index is 781. The summed E-state index contributed by atoms with van der Waals surface area (Å²) in [5.41, 5.74) is 2.05. The first kappa shape index (κ1) is 12.4. The molecular weight excluding hydrogens is 250 g/mol. The molecule has 98 valence electrons. The van der Waals surface area contributed by atoms with E-state index < -0.39 is 0 Å². The number of para-hydroxylation sites is 1. The van der Waals surface area contributed by atoms with Crippen LogP contribution in [0.2, 0.25) is 0 Å². The molecule has 0 atom stereocenters. The largest absolute Gasteiger partial charge is 0.508 e. The van der Waals surface area contributed by atoms with Gasteiger partial charge >= 0.3 is 0 Å². The van der Waals surface area contributed by atoms with Crippen molar-refractivity contribution in [1.29, 1.82) is 0 Å². The van der Waals surface area contributed by atoms with Crippen molar-refractivity contribution in [3.63, 3.8) is 0 Å². The first-order chi connectivity index (χ1) is 9.72. The monoisotopic (exact) mass is 263 g/mol. The maximum Gasteiger partial charge on any atom is 0.185 e. The number of ketones is 1. The van der Waals surface area contributed by atoms with E-state index in [2.05, 4.69) is 4.98 Å². The first-order valence-corrected chi connectivity index (χ1v) is 6.39. The number of nitrogens with zero attached hydrogens (tertiary/aromatic N) is 1. The van der Waals surface area contributed by atoms with Crippen LogP contribution >= 0.6 is 0 Å². The van der Waals surface area contributed by atoms with E-state index in [1.165, 1.54) is 0 Å². The van der Waals surface area contributed by atoms with Gasteiger partial charge in [0.2, 0.25) is 0 Å². The molecule has 0 aliphatic heterocycles. The quantitative estimate of drug-likeness (QED) is 0.737. The van der Waals surface area contributed by atoms with E-state index in [0.29, 0.717) is 5.69 Å². The molecule has 0 bridgehead atoms. The molecule has 1 heterocycles. The zero-order valence-electron chi connectivity index (χ0n) is 10.8. The van der Waals surface area contributed by atoms with E-state index in [1.807, 2.05) is 36.4 Å². The third-order valence-electron chi connectivity index (χ3n) is 3.16. The number of pyridine rings is 1. The highest BCUT2D eigenvalue weighted by molar-refractivity contribution is 5.97. The Balaban J connectivity index is 1.88. The summed E-state index contributed by atoms with van der Waals surface area (Å²) in [5, 5.41) is 10.4. The van der Waals surface area contributed by atoms with Crippen molar-refractivity contribution in [2.45, 2.75) is 6.42 Å². The Morgan fingerprint density at radius 1 is 1.00 bits per heavy atom. The molecule has 1 aromatic heterocycles. The van der Waals surface area contributed by atoms with Gasteiger partial charge in [0.1, 0.15) is 11.4 Å². The third-order valence-corrected chi connectivity index (χ3v) is 3.16. The second kappa shape index (κ2) is 5.13. The summed E-state index contributed by atoms with van der Waals surface area (Å²) in [6, 6.07) is 18.1. The van der Waals surface area contributed by atoms with Gasteiger partial charge in [0.15, 0.2) is 5.78 Å². The maximum atomic E-state index is 12.2. The van der Waals surface area contributed by atoms with Gasteiger partial charge in [-0.1, -0.05) is 36.4 Å². The van der Waals surface area contributed by atoms with Gasteiger partial charge in [0, 0.05) is 11.8 Å². The number of fused-ring (bicyclic) bond motifs is 1. The van der Waals surface area contributed by atoms with Crippen molar-refractivity contribution in [3.05, 3.63) is 71.9 Å². The maximum absolute atomic E-state index is 12.2. The second-order valence-electron chi connectivity index (χ2n) is 4.66. The minimum Gasteiger partial charge on any atom is -0.508 e. The molecule has 3 rings (SSSR count). The van der Waals surface area contributed by atoms with Crippen LogP contribution in [0.1, 0.15) is 16.1 Å². The fourth-order valence-electron chi connectivity index (χ4n) is 2.16. The summed E-state index contributed by atoms with van der Waals surface area (Å²) in [6.07, 6.45) is 0.236. The molecule has 0 amide bonds. The molecule has 3 nitrogen and oxygen atoms in total. The standard InChI is InChI=1S/C17H13NO2/c19-14-6-3-4-12(10-14)11-17(20)16-9-8-13-5-1-2-7-15(13)18-16/h1-10,19H,11H2. The molecule has 0 spiro atoms. The van der Waals surface area contributed by atoms with Crippen molar-refractivity contribution in [2.75, 3.05) is 0 Å². The SMILES string of the molecule is O=C(Cc1cccc(O)c1)c1ccc2ccccc2n1. The smallest absolute Gasteiger partial charge is 0.185 e. The molecule has 20 heavy (non-hydrogen) atoms. The van der Waals surface area contributed by atoms with Crippen LogP contribution < -0.4 is 0 Å². The van der Waals surface area contributed by atoms with E-state index in [1.54, 1.807) is 24.3 Å². The Kier molecular flexibility index (Phi) is 3.17. The highest BCUT2D eigenvalue weighted by Crippen LogP contribution is 2.15. The van der Waals surface area contributed by atoms with Crippen LogP contribution in [0.25, 0.3) is 10.9 Å². The minimum absolute atomic E-state index is 0.0543. The van der Waals surface area contributed by atoms with Gasteiger partial charge < -0.3 is 5.11 Å². The van der Waals surface area contributed by atoms with E-state index >= 15 is 0 Å². The zero-order valence-corrected chi connectivity index (χ0v) is 10.8. The number of aromatic hydroxyl groups is 1. The number of hydrogen-bond donors (Lipinski definition) is 1. The van der Waals surface area contributed by atoms with E-state index in [9.17, 15) is 9.90 Å². The van der Waals surface area contributed by atoms with E-state index in [4.69, 9.17) is 0 Å². The predicted octanol–water partition coefficient (Wildman–Crippen LogP) is 3.37. The molecule has 2 aromatic carbocycles. The molecule has 0 aliphatic rings. The lowest BCUT2D eigenvalue weighted by molar-refractivity contribution is 0.0988. The summed E-state index contributed by atoms with van der Waals surface area (Å²) in [6.45, 7) is 0. The van der Waals surface area contributed by atoms with Crippen molar-refractivity contribution in [1.82, 2.24) is 4.98 Å². The molecule has 0 unspecified atom stereocenters. The fourth-order valence-corrected chi connectivity index (χ4v) is 2.16. The van der Waals surface area contributed by atoms with Crippen molar-refractivity contribution in [2.24, 2.45) is 0 Å². The molecule has 0 saturated carbocycles. The lowest BCUT2D eigenvalue weighted by Crippen LogP contribution is -2.05. The van der Waals surface area contributed by atoms with Crippen LogP contribution in [-0.2, 0) is 6.42 Å². The summed E-state index contributed by atoms with van der Waals surface area (Å²) in [7, 11) is 0. The van der Waals surface area contributed by atoms with E-state index in [0.717, 1.165) is 16.5 Å². The van der Waals surface area contributed by atoms with Crippen LogP contribution in [0.5, 0.6) is 5.75 Å². The lowest BCUT2D eigenvalue weighted by atomic mass is 10.1. The third kappa shape index (κ3) is 2.52. The number of benzene rings is 2. The van der Waals surface area contributed by atoms with Crippen LogP contribution in [0.15, 0.2) is 60.7 Å². The fraction of sp³-hybridized carbons (Fsp3) is 0.0588.